The molecule has 2 aliphatic rings. The summed E-state index contributed by atoms with van der Waals surface area (Å²) in [4.78, 5) is 24.1. The number of carboxylic acid groups (broad SMARTS) is 1. The summed E-state index contributed by atoms with van der Waals surface area (Å²) in [7, 11) is 0. The molecule has 1 spiro atoms. The summed E-state index contributed by atoms with van der Waals surface area (Å²) in [6, 6.07) is 8.43. The van der Waals surface area contributed by atoms with Crippen LogP contribution in [0.25, 0.3) is 0 Å². The molecule has 0 aromatic heterocycles. The molecule has 1 unspecified atom stereocenters. The van der Waals surface area contributed by atoms with Crippen LogP contribution in [0.5, 0.6) is 0 Å². The summed E-state index contributed by atoms with van der Waals surface area (Å²) in [5.74, 6) is 0.165. The first kappa shape index (κ1) is 18.5. The van der Waals surface area contributed by atoms with Crippen molar-refractivity contribution in [2.24, 2.45) is 11.8 Å². The van der Waals surface area contributed by atoms with Gasteiger partial charge in [-0.3, -0.25) is 9.59 Å². The largest absolute Gasteiger partial charge is 0.481 e. The highest BCUT2D eigenvalue weighted by Crippen LogP contribution is 2.43. The van der Waals surface area contributed by atoms with E-state index in [2.05, 4.69) is 50.4 Å². The van der Waals surface area contributed by atoms with Crippen molar-refractivity contribution in [2.45, 2.75) is 57.5 Å². The van der Waals surface area contributed by atoms with E-state index < -0.39 is 17.4 Å². The van der Waals surface area contributed by atoms with Gasteiger partial charge in [0.05, 0.1) is 11.5 Å². The number of carbonyl (C=O) groups is 2. The maximum absolute atomic E-state index is 12.3. The van der Waals surface area contributed by atoms with Crippen molar-refractivity contribution in [2.75, 3.05) is 5.75 Å². The maximum Gasteiger partial charge on any atom is 0.308 e. The van der Waals surface area contributed by atoms with Gasteiger partial charge in [-0.25, -0.2) is 0 Å². The predicted octanol–water partition coefficient (Wildman–Crippen LogP) is 3.45. The Morgan fingerprint density at radius 3 is 2.52 bits per heavy atom. The number of nitrogens with one attached hydrogen (secondary N) is 1. The summed E-state index contributed by atoms with van der Waals surface area (Å²) in [5, 5.41) is 13.2. The lowest BCUT2D eigenvalue weighted by Gasteiger charge is -2.26. The molecule has 0 aliphatic carbocycles. The van der Waals surface area contributed by atoms with Gasteiger partial charge in [0.25, 0.3) is 0 Å². The zero-order valence-electron chi connectivity index (χ0n) is 15.1. The molecule has 3 rings (SSSR count). The SMILES string of the molecule is CC(C)c1ccc(CC(C)[C@H]2N[C@]3(CCSC3=O)C[C@H]2C(=O)O)cc1. The molecule has 25 heavy (non-hydrogen) atoms. The van der Waals surface area contributed by atoms with Crippen LogP contribution in [-0.2, 0) is 16.0 Å². The van der Waals surface area contributed by atoms with Crippen LogP contribution < -0.4 is 5.32 Å². The van der Waals surface area contributed by atoms with E-state index in [4.69, 9.17) is 0 Å². The van der Waals surface area contributed by atoms with Gasteiger partial charge < -0.3 is 10.4 Å². The first-order valence-electron chi connectivity index (χ1n) is 9.09. The normalized spacial score (nSPS) is 30.3. The second-order valence-electron chi connectivity index (χ2n) is 7.86. The van der Waals surface area contributed by atoms with Crippen molar-refractivity contribution in [3.63, 3.8) is 0 Å². The van der Waals surface area contributed by atoms with Gasteiger partial charge in [0, 0.05) is 11.8 Å². The number of hydrogen-bond acceptors (Lipinski definition) is 4. The second kappa shape index (κ2) is 7.12. The number of carbonyl (C=O) groups excluding carboxylic acids is 1. The van der Waals surface area contributed by atoms with Crippen molar-refractivity contribution in [1.29, 1.82) is 0 Å². The van der Waals surface area contributed by atoms with Crippen LogP contribution >= 0.6 is 11.8 Å². The average molecular weight is 362 g/mol. The van der Waals surface area contributed by atoms with Gasteiger partial charge in [-0.2, -0.15) is 0 Å². The van der Waals surface area contributed by atoms with Crippen molar-refractivity contribution >= 4 is 22.8 Å². The highest BCUT2D eigenvalue weighted by molar-refractivity contribution is 8.14. The first-order chi connectivity index (χ1) is 11.8. The summed E-state index contributed by atoms with van der Waals surface area (Å²) < 4.78 is 0. The number of thioether (sulfide) groups is 1. The van der Waals surface area contributed by atoms with Crippen molar-refractivity contribution < 1.29 is 14.7 Å². The van der Waals surface area contributed by atoms with Crippen LogP contribution in [0.1, 0.15) is 50.7 Å². The van der Waals surface area contributed by atoms with Crippen LogP contribution in [0.2, 0.25) is 0 Å². The minimum atomic E-state index is -0.791. The summed E-state index contributed by atoms with van der Waals surface area (Å²) in [6.45, 7) is 6.44. The minimum Gasteiger partial charge on any atom is -0.481 e. The Kier molecular flexibility index (Phi) is 5.26. The molecule has 136 valence electrons. The Labute approximate surface area is 153 Å². The molecule has 1 aromatic carbocycles. The molecule has 2 fully saturated rings. The predicted molar refractivity (Wildman–Crippen MR) is 101 cm³/mol. The molecular weight excluding hydrogens is 334 g/mol. The van der Waals surface area contributed by atoms with Gasteiger partial charge in [-0.1, -0.05) is 56.8 Å². The van der Waals surface area contributed by atoms with E-state index in [9.17, 15) is 14.7 Å². The highest BCUT2D eigenvalue weighted by Gasteiger charge is 2.55. The number of hydrogen-bond donors (Lipinski definition) is 2. The molecule has 0 amide bonds. The summed E-state index contributed by atoms with van der Waals surface area (Å²) in [6.07, 6.45) is 1.99. The van der Waals surface area contributed by atoms with Crippen LogP contribution in [0.3, 0.4) is 0 Å². The first-order valence-corrected chi connectivity index (χ1v) is 10.1. The van der Waals surface area contributed by atoms with Crippen LogP contribution in [0, 0.1) is 11.8 Å². The third-order valence-corrected chi connectivity index (χ3v) is 6.79. The van der Waals surface area contributed by atoms with Gasteiger partial charge in [0.15, 0.2) is 0 Å². The van der Waals surface area contributed by atoms with E-state index >= 15 is 0 Å². The average Bonchev–Trinajstić information content (AvgIpc) is 3.13. The smallest absolute Gasteiger partial charge is 0.308 e. The Hall–Kier alpha value is -1.33. The minimum absolute atomic E-state index is 0.120. The highest BCUT2D eigenvalue weighted by atomic mass is 32.2. The van der Waals surface area contributed by atoms with Gasteiger partial charge in [0.1, 0.15) is 0 Å². The van der Waals surface area contributed by atoms with E-state index in [1.165, 1.54) is 22.9 Å². The second-order valence-corrected chi connectivity index (χ2v) is 8.93. The zero-order chi connectivity index (χ0) is 18.2. The number of rotatable bonds is 5. The fraction of sp³-hybridized carbons (Fsp3) is 0.600. The molecule has 4 atom stereocenters. The van der Waals surface area contributed by atoms with Gasteiger partial charge >= 0.3 is 5.97 Å². The zero-order valence-corrected chi connectivity index (χ0v) is 15.9. The fourth-order valence-electron chi connectivity index (χ4n) is 4.17. The Morgan fingerprint density at radius 2 is 2.00 bits per heavy atom. The van der Waals surface area contributed by atoms with Crippen LogP contribution in [0.4, 0.5) is 0 Å². The van der Waals surface area contributed by atoms with E-state index in [0.29, 0.717) is 12.3 Å². The lowest BCUT2D eigenvalue weighted by molar-refractivity contribution is -0.142. The van der Waals surface area contributed by atoms with Crippen molar-refractivity contribution in [3.05, 3.63) is 35.4 Å². The topological polar surface area (TPSA) is 66.4 Å². The summed E-state index contributed by atoms with van der Waals surface area (Å²) >= 11 is 1.33. The molecule has 0 bridgehead atoms. The van der Waals surface area contributed by atoms with Crippen LogP contribution in [0.15, 0.2) is 24.3 Å². The molecule has 4 nitrogen and oxygen atoms in total. The molecule has 2 aliphatic heterocycles. The van der Waals surface area contributed by atoms with Crippen molar-refractivity contribution in [3.8, 4) is 0 Å². The third kappa shape index (κ3) is 3.63. The van der Waals surface area contributed by atoms with E-state index in [-0.39, 0.29) is 17.1 Å². The van der Waals surface area contributed by atoms with E-state index in [1.54, 1.807) is 0 Å². The number of aliphatic carboxylic acids is 1. The molecule has 2 heterocycles. The Balaban J connectivity index is 1.74. The number of benzene rings is 1. The molecule has 2 saturated heterocycles. The lowest BCUT2D eigenvalue weighted by atomic mass is 9.84. The van der Waals surface area contributed by atoms with E-state index in [0.717, 1.165) is 18.6 Å². The van der Waals surface area contributed by atoms with Crippen molar-refractivity contribution in [1.82, 2.24) is 5.32 Å². The molecule has 2 N–H and O–H groups in total. The van der Waals surface area contributed by atoms with Gasteiger partial charge in [-0.05, 0) is 42.2 Å². The quantitative estimate of drug-likeness (QED) is 0.841. The van der Waals surface area contributed by atoms with Gasteiger partial charge in [0.2, 0.25) is 5.12 Å². The molecular formula is C20H27NO3S. The Morgan fingerprint density at radius 1 is 1.32 bits per heavy atom. The maximum atomic E-state index is 12.3. The standard InChI is InChI=1S/C20H27NO3S/c1-12(2)15-6-4-14(5-7-15)10-13(3)17-16(18(22)23)11-20(21-17)8-9-25-19(20)24/h4-7,12-13,16-17,21H,8-11H2,1-3H3,(H,22,23)/t13?,16-,17-,20-/m1/s1. The third-order valence-electron chi connectivity index (χ3n) is 5.73. The Bertz CT molecular complexity index is 657. The molecule has 0 radical (unpaired) electrons. The number of carboxylic acids is 1. The fourth-order valence-corrected chi connectivity index (χ4v) is 5.33. The summed E-state index contributed by atoms with van der Waals surface area (Å²) in [5.41, 5.74) is 1.91. The molecule has 0 saturated carbocycles. The monoisotopic (exact) mass is 361 g/mol. The van der Waals surface area contributed by atoms with Gasteiger partial charge in [-0.15, -0.1) is 0 Å². The molecule has 5 heteroatoms. The van der Waals surface area contributed by atoms with Crippen LogP contribution in [-0.4, -0.2) is 33.5 Å². The molecule has 1 aromatic rings. The van der Waals surface area contributed by atoms with E-state index in [1.807, 2.05) is 0 Å². The lowest BCUT2D eigenvalue weighted by Crippen LogP contribution is -2.48.